The standard InChI is InChI=1S/C17H16N4O2S/c1-23-12-4-2-11(3-5-12)13-9-24-17-15(13)16(19-10-20-17)21-7-6-18-14(22)8-21/h2-5,9-10H,6-8H2,1H3,(H,18,22). The fourth-order valence-corrected chi connectivity index (χ4v) is 3.81. The average molecular weight is 340 g/mol. The predicted molar refractivity (Wildman–Crippen MR) is 94.6 cm³/mol. The summed E-state index contributed by atoms with van der Waals surface area (Å²) in [4.78, 5) is 23.5. The number of methoxy groups -OCH3 is 1. The molecule has 1 aliphatic rings. The lowest BCUT2D eigenvalue weighted by Crippen LogP contribution is -2.48. The highest BCUT2D eigenvalue weighted by molar-refractivity contribution is 7.17. The molecular formula is C17H16N4O2S. The number of ether oxygens (including phenoxy) is 1. The largest absolute Gasteiger partial charge is 0.497 e. The van der Waals surface area contributed by atoms with Gasteiger partial charge in [0.15, 0.2) is 0 Å². The molecule has 24 heavy (non-hydrogen) atoms. The maximum Gasteiger partial charge on any atom is 0.239 e. The first-order valence-electron chi connectivity index (χ1n) is 7.64. The van der Waals surface area contributed by atoms with Crippen molar-refractivity contribution in [2.75, 3.05) is 31.6 Å². The van der Waals surface area contributed by atoms with E-state index in [4.69, 9.17) is 4.74 Å². The molecule has 1 N–H and O–H groups in total. The molecule has 7 heteroatoms. The molecule has 1 amide bonds. The Kier molecular flexibility index (Phi) is 3.78. The molecule has 0 unspecified atom stereocenters. The van der Waals surface area contributed by atoms with E-state index in [1.54, 1.807) is 24.8 Å². The van der Waals surface area contributed by atoms with Crippen LogP contribution in [0.1, 0.15) is 0 Å². The molecule has 0 spiro atoms. The molecule has 0 radical (unpaired) electrons. The normalized spacial score (nSPS) is 14.7. The summed E-state index contributed by atoms with van der Waals surface area (Å²) < 4.78 is 5.23. The van der Waals surface area contributed by atoms with Crippen LogP contribution in [0, 0.1) is 0 Å². The zero-order valence-corrected chi connectivity index (χ0v) is 14.0. The van der Waals surface area contributed by atoms with Gasteiger partial charge in [-0.2, -0.15) is 0 Å². The number of amides is 1. The van der Waals surface area contributed by atoms with Crippen LogP contribution < -0.4 is 15.0 Å². The summed E-state index contributed by atoms with van der Waals surface area (Å²) >= 11 is 1.59. The van der Waals surface area contributed by atoms with E-state index in [9.17, 15) is 4.79 Å². The second-order valence-electron chi connectivity index (χ2n) is 5.53. The summed E-state index contributed by atoms with van der Waals surface area (Å²) in [5.74, 6) is 1.67. The van der Waals surface area contributed by atoms with Gasteiger partial charge in [-0.15, -0.1) is 11.3 Å². The highest BCUT2D eigenvalue weighted by Gasteiger charge is 2.22. The number of nitrogens with zero attached hydrogens (tertiary/aromatic N) is 3. The van der Waals surface area contributed by atoms with Crippen LogP contribution in [-0.2, 0) is 4.79 Å². The summed E-state index contributed by atoms with van der Waals surface area (Å²) in [6.07, 6.45) is 1.57. The van der Waals surface area contributed by atoms with E-state index >= 15 is 0 Å². The molecule has 122 valence electrons. The van der Waals surface area contributed by atoms with E-state index < -0.39 is 0 Å². The number of thiophene rings is 1. The Hall–Kier alpha value is -2.67. The second-order valence-corrected chi connectivity index (χ2v) is 6.38. The van der Waals surface area contributed by atoms with Gasteiger partial charge in [-0.1, -0.05) is 12.1 Å². The molecule has 4 rings (SSSR count). The van der Waals surface area contributed by atoms with Crippen molar-refractivity contribution < 1.29 is 9.53 Å². The van der Waals surface area contributed by atoms with Crippen LogP contribution >= 0.6 is 11.3 Å². The fourth-order valence-electron chi connectivity index (χ4n) is 2.90. The molecule has 1 fully saturated rings. The van der Waals surface area contributed by atoms with Gasteiger partial charge in [0.1, 0.15) is 22.7 Å². The zero-order chi connectivity index (χ0) is 16.5. The van der Waals surface area contributed by atoms with E-state index in [-0.39, 0.29) is 5.91 Å². The molecule has 0 saturated carbocycles. The second kappa shape index (κ2) is 6.09. The van der Waals surface area contributed by atoms with Crippen LogP contribution in [-0.4, -0.2) is 42.6 Å². The number of anilines is 1. The first-order chi connectivity index (χ1) is 11.8. The van der Waals surface area contributed by atoms with Crippen molar-refractivity contribution >= 4 is 33.3 Å². The van der Waals surface area contributed by atoms with E-state index in [0.29, 0.717) is 13.1 Å². The van der Waals surface area contributed by atoms with E-state index in [2.05, 4.69) is 20.7 Å². The molecule has 6 nitrogen and oxygen atoms in total. The molecule has 2 aromatic heterocycles. The molecule has 0 aliphatic carbocycles. The summed E-state index contributed by atoms with van der Waals surface area (Å²) in [6.45, 7) is 1.70. The fraction of sp³-hybridized carbons (Fsp3) is 0.235. The number of carbonyl (C=O) groups excluding carboxylic acids is 1. The average Bonchev–Trinajstić information content (AvgIpc) is 3.06. The van der Waals surface area contributed by atoms with E-state index in [1.165, 1.54) is 0 Å². The van der Waals surface area contributed by atoms with Crippen molar-refractivity contribution in [1.29, 1.82) is 0 Å². The smallest absolute Gasteiger partial charge is 0.239 e. The lowest BCUT2D eigenvalue weighted by molar-refractivity contribution is -0.120. The molecular weight excluding hydrogens is 324 g/mol. The van der Waals surface area contributed by atoms with Crippen LogP contribution in [0.15, 0.2) is 36.0 Å². The number of rotatable bonds is 3. The van der Waals surface area contributed by atoms with Crippen LogP contribution in [0.2, 0.25) is 0 Å². The first kappa shape index (κ1) is 14.9. The molecule has 3 aromatic rings. The third-order valence-corrected chi connectivity index (χ3v) is 4.98. The van der Waals surface area contributed by atoms with Crippen LogP contribution in [0.4, 0.5) is 5.82 Å². The Balaban J connectivity index is 1.83. The van der Waals surface area contributed by atoms with E-state index in [0.717, 1.165) is 39.5 Å². The first-order valence-corrected chi connectivity index (χ1v) is 8.52. The van der Waals surface area contributed by atoms with Crippen LogP contribution in [0.5, 0.6) is 5.75 Å². The van der Waals surface area contributed by atoms with Gasteiger partial charge in [0, 0.05) is 24.0 Å². The van der Waals surface area contributed by atoms with Gasteiger partial charge in [-0.25, -0.2) is 9.97 Å². The van der Waals surface area contributed by atoms with Gasteiger partial charge in [0.2, 0.25) is 5.91 Å². The lowest BCUT2D eigenvalue weighted by Gasteiger charge is -2.28. The number of piperazine rings is 1. The van der Waals surface area contributed by atoms with E-state index in [1.807, 2.05) is 29.2 Å². The number of hydrogen-bond acceptors (Lipinski definition) is 6. The Bertz CT molecular complexity index is 891. The molecule has 1 aliphatic heterocycles. The van der Waals surface area contributed by atoms with Crippen molar-refractivity contribution in [3.05, 3.63) is 36.0 Å². The van der Waals surface area contributed by atoms with Gasteiger partial charge in [-0.3, -0.25) is 4.79 Å². The highest BCUT2D eigenvalue weighted by atomic mass is 32.1. The lowest BCUT2D eigenvalue weighted by atomic mass is 10.1. The van der Waals surface area contributed by atoms with Crippen LogP contribution in [0.3, 0.4) is 0 Å². The molecule has 3 heterocycles. The van der Waals surface area contributed by atoms with Gasteiger partial charge in [0.05, 0.1) is 19.0 Å². The van der Waals surface area contributed by atoms with Gasteiger partial charge in [0.25, 0.3) is 0 Å². The monoisotopic (exact) mass is 340 g/mol. The summed E-state index contributed by atoms with van der Waals surface area (Å²) in [5, 5.41) is 5.94. The maximum absolute atomic E-state index is 11.7. The van der Waals surface area contributed by atoms with Gasteiger partial charge >= 0.3 is 0 Å². The predicted octanol–water partition coefficient (Wildman–Crippen LogP) is 2.30. The Morgan fingerprint density at radius 1 is 1.25 bits per heavy atom. The minimum absolute atomic E-state index is 0.0224. The third kappa shape index (κ3) is 2.56. The number of aromatic nitrogens is 2. The van der Waals surface area contributed by atoms with Crippen molar-refractivity contribution in [3.8, 4) is 16.9 Å². The number of benzene rings is 1. The Morgan fingerprint density at radius 3 is 2.83 bits per heavy atom. The minimum atomic E-state index is 0.0224. The summed E-state index contributed by atoms with van der Waals surface area (Å²) in [6, 6.07) is 7.94. The maximum atomic E-state index is 11.7. The molecule has 0 atom stereocenters. The number of nitrogens with one attached hydrogen (secondary N) is 1. The highest BCUT2D eigenvalue weighted by Crippen LogP contribution is 2.38. The van der Waals surface area contributed by atoms with Crippen molar-refractivity contribution in [2.24, 2.45) is 0 Å². The van der Waals surface area contributed by atoms with Crippen molar-refractivity contribution in [3.63, 3.8) is 0 Å². The number of carbonyl (C=O) groups is 1. The molecule has 1 saturated heterocycles. The molecule has 1 aromatic carbocycles. The SMILES string of the molecule is COc1ccc(-c2csc3ncnc(N4CCNC(=O)C4)c23)cc1. The van der Waals surface area contributed by atoms with Gasteiger partial charge in [-0.05, 0) is 17.7 Å². The van der Waals surface area contributed by atoms with Crippen LogP contribution in [0.25, 0.3) is 21.3 Å². The Morgan fingerprint density at radius 2 is 2.08 bits per heavy atom. The number of hydrogen-bond donors (Lipinski definition) is 1. The quantitative estimate of drug-likeness (QED) is 0.792. The Labute approximate surface area is 143 Å². The zero-order valence-electron chi connectivity index (χ0n) is 13.2. The summed E-state index contributed by atoms with van der Waals surface area (Å²) in [5.41, 5.74) is 2.17. The topological polar surface area (TPSA) is 67.4 Å². The van der Waals surface area contributed by atoms with Crippen molar-refractivity contribution in [2.45, 2.75) is 0 Å². The molecule has 0 bridgehead atoms. The van der Waals surface area contributed by atoms with Crippen molar-refractivity contribution in [1.82, 2.24) is 15.3 Å². The number of fused-ring (bicyclic) bond motifs is 1. The van der Waals surface area contributed by atoms with Gasteiger partial charge < -0.3 is 15.0 Å². The third-order valence-electron chi connectivity index (χ3n) is 4.09. The summed E-state index contributed by atoms with van der Waals surface area (Å²) in [7, 11) is 1.66. The minimum Gasteiger partial charge on any atom is -0.497 e.